The quantitative estimate of drug-likeness (QED) is 0.565. The van der Waals surface area contributed by atoms with Gasteiger partial charge < -0.3 is 18.9 Å². The van der Waals surface area contributed by atoms with E-state index in [1.165, 1.54) is 7.11 Å². The number of methoxy groups -OCH3 is 2. The molecule has 0 unspecified atom stereocenters. The Morgan fingerprint density at radius 3 is 2.86 bits per heavy atom. The molecule has 0 amide bonds. The lowest BCUT2D eigenvalue weighted by atomic mass is 9.95. The van der Waals surface area contributed by atoms with Crippen molar-refractivity contribution in [3.8, 4) is 11.5 Å². The fourth-order valence-corrected chi connectivity index (χ4v) is 2.93. The topological polar surface area (TPSA) is 54.0 Å². The van der Waals surface area contributed by atoms with Gasteiger partial charge in [0.1, 0.15) is 0 Å². The first kappa shape index (κ1) is 16.8. The van der Waals surface area contributed by atoms with Gasteiger partial charge in [0.2, 0.25) is 6.79 Å². The Hall–Kier alpha value is -1.53. The Balaban J connectivity index is 2.21. The third kappa shape index (κ3) is 3.62. The molecular formula is C16H19BrO5. The lowest BCUT2D eigenvalue weighted by Gasteiger charge is -2.23. The summed E-state index contributed by atoms with van der Waals surface area (Å²) in [7, 11) is 3.02. The maximum atomic E-state index is 11.2. The van der Waals surface area contributed by atoms with Gasteiger partial charge in [0, 0.05) is 23.1 Å². The minimum absolute atomic E-state index is 0.0432. The number of benzene rings is 1. The lowest BCUT2D eigenvalue weighted by Crippen LogP contribution is -2.12. The Morgan fingerprint density at radius 2 is 2.18 bits per heavy atom. The molecule has 0 radical (unpaired) electrons. The van der Waals surface area contributed by atoms with Crippen LogP contribution in [0.15, 0.2) is 28.8 Å². The minimum Gasteiger partial charge on any atom is -0.469 e. The van der Waals surface area contributed by atoms with Crippen LogP contribution < -0.4 is 9.47 Å². The maximum absolute atomic E-state index is 11.2. The second-order valence-electron chi connectivity index (χ2n) is 4.92. The first-order valence-corrected chi connectivity index (χ1v) is 7.72. The number of carbonyl (C=O) groups excluding carboxylic acids is 1. The van der Waals surface area contributed by atoms with Crippen molar-refractivity contribution >= 4 is 21.9 Å². The van der Waals surface area contributed by atoms with Crippen LogP contribution in [0.3, 0.4) is 0 Å². The van der Waals surface area contributed by atoms with E-state index in [1.54, 1.807) is 13.2 Å². The van der Waals surface area contributed by atoms with Gasteiger partial charge in [-0.15, -0.1) is 0 Å². The monoisotopic (exact) mass is 370 g/mol. The van der Waals surface area contributed by atoms with Crippen molar-refractivity contribution in [2.75, 3.05) is 21.0 Å². The summed E-state index contributed by atoms with van der Waals surface area (Å²) in [4.78, 5) is 11.2. The molecule has 1 aliphatic rings. The molecule has 1 aromatic rings. The Bertz CT molecular complexity index is 570. The second-order valence-corrected chi connectivity index (χ2v) is 5.77. The molecule has 0 bridgehead atoms. The minimum atomic E-state index is -0.268. The number of rotatable bonds is 6. The van der Waals surface area contributed by atoms with E-state index in [1.807, 2.05) is 25.1 Å². The molecule has 0 aliphatic carbocycles. The molecule has 5 nitrogen and oxygen atoms in total. The smallest absolute Gasteiger partial charge is 0.309 e. The zero-order valence-corrected chi connectivity index (χ0v) is 14.4. The van der Waals surface area contributed by atoms with Gasteiger partial charge in [-0.25, -0.2) is 0 Å². The second kappa shape index (κ2) is 7.65. The van der Waals surface area contributed by atoms with Crippen LogP contribution in [0.4, 0.5) is 0 Å². The SMILES string of the molecule is COC(=O)C/C=C/[C@@H](C)[C@H](OC)c1c(Br)ccc2c1OCO2. The van der Waals surface area contributed by atoms with Gasteiger partial charge in [-0.2, -0.15) is 0 Å². The van der Waals surface area contributed by atoms with Gasteiger partial charge in [-0.05, 0) is 12.1 Å². The summed E-state index contributed by atoms with van der Waals surface area (Å²) >= 11 is 3.55. The molecular weight excluding hydrogens is 352 g/mol. The van der Waals surface area contributed by atoms with Crippen LogP contribution in [0, 0.1) is 5.92 Å². The van der Waals surface area contributed by atoms with Crippen LogP contribution in [-0.2, 0) is 14.3 Å². The van der Waals surface area contributed by atoms with Crippen LogP contribution in [0.2, 0.25) is 0 Å². The third-order valence-electron chi connectivity index (χ3n) is 3.49. The number of ether oxygens (including phenoxy) is 4. The summed E-state index contributed by atoms with van der Waals surface area (Å²) in [6, 6.07) is 3.78. The van der Waals surface area contributed by atoms with Crippen molar-refractivity contribution in [3.05, 3.63) is 34.3 Å². The van der Waals surface area contributed by atoms with E-state index in [-0.39, 0.29) is 31.2 Å². The number of halogens is 1. The molecule has 0 saturated carbocycles. The van der Waals surface area contributed by atoms with E-state index < -0.39 is 0 Å². The van der Waals surface area contributed by atoms with E-state index >= 15 is 0 Å². The standard InChI is InChI=1S/C16H19BrO5/c1-10(5-4-6-13(18)19-2)15(20-3)14-11(17)7-8-12-16(14)22-9-21-12/h4-5,7-8,10,15H,6,9H2,1-3H3/b5-4+/t10-,15+/m1/s1. The fourth-order valence-electron chi connectivity index (χ4n) is 2.39. The summed E-state index contributed by atoms with van der Waals surface area (Å²) in [5, 5.41) is 0. The summed E-state index contributed by atoms with van der Waals surface area (Å²) in [6.07, 6.45) is 3.74. The highest BCUT2D eigenvalue weighted by Gasteiger charge is 2.28. The molecule has 0 aromatic heterocycles. The van der Waals surface area contributed by atoms with Crippen LogP contribution in [0.25, 0.3) is 0 Å². The van der Waals surface area contributed by atoms with Crippen LogP contribution in [0.1, 0.15) is 25.0 Å². The Kier molecular flexibility index (Phi) is 5.85. The van der Waals surface area contributed by atoms with Crippen molar-refractivity contribution in [1.29, 1.82) is 0 Å². The molecule has 22 heavy (non-hydrogen) atoms. The molecule has 2 rings (SSSR count). The molecule has 0 spiro atoms. The third-order valence-corrected chi connectivity index (χ3v) is 4.18. The van der Waals surface area contributed by atoms with Gasteiger partial charge in [0.25, 0.3) is 0 Å². The lowest BCUT2D eigenvalue weighted by molar-refractivity contribution is -0.139. The molecule has 1 aliphatic heterocycles. The normalized spacial score (nSPS) is 15.8. The van der Waals surface area contributed by atoms with Crippen LogP contribution in [-0.4, -0.2) is 27.0 Å². The van der Waals surface area contributed by atoms with Crippen molar-refractivity contribution in [2.45, 2.75) is 19.4 Å². The average molecular weight is 371 g/mol. The van der Waals surface area contributed by atoms with E-state index in [4.69, 9.17) is 14.2 Å². The van der Waals surface area contributed by atoms with Gasteiger partial charge in [-0.3, -0.25) is 4.79 Å². The number of carbonyl (C=O) groups is 1. The largest absolute Gasteiger partial charge is 0.469 e. The number of esters is 1. The molecule has 1 aromatic carbocycles. The Morgan fingerprint density at radius 1 is 1.41 bits per heavy atom. The predicted molar refractivity (Wildman–Crippen MR) is 85.0 cm³/mol. The van der Waals surface area contributed by atoms with Crippen molar-refractivity contribution < 1.29 is 23.7 Å². The van der Waals surface area contributed by atoms with Gasteiger partial charge in [0.05, 0.1) is 19.6 Å². The van der Waals surface area contributed by atoms with Crippen molar-refractivity contribution in [3.63, 3.8) is 0 Å². The van der Waals surface area contributed by atoms with E-state index in [2.05, 4.69) is 20.7 Å². The summed E-state index contributed by atoms with van der Waals surface area (Å²) in [5.74, 6) is 1.19. The number of hydrogen-bond donors (Lipinski definition) is 0. The molecule has 120 valence electrons. The number of fused-ring (bicyclic) bond motifs is 1. The predicted octanol–water partition coefficient (Wildman–Crippen LogP) is 3.62. The maximum Gasteiger partial charge on any atom is 0.309 e. The van der Waals surface area contributed by atoms with Gasteiger partial charge in [-0.1, -0.05) is 35.0 Å². The highest BCUT2D eigenvalue weighted by molar-refractivity contribution is 9.10. The first-order valence-electron chi connectivity index (χ1n) is 6.92. The van der Waals surface area contributed by atoms with Crippen LogP contribution >= 0.6 is 15.9 Å². The Labute approximate surface area is 138 Å². The number of hydrogen-bond acceptors (Lipinski definition) is 5. The van der Waals surface area contributed by atoms with Gasteiger partial charge >= 0.3 is 5.97 Å². The highest BCUT2D eigenvalue weighted by atomic mass is 79.9. The molecule has 0 N–H and O–H groups in total. The van der Waals surface area contributed by atoms with Gasteiger partial charge in [0.15, 0.2) is 11.5 Å². The first-order chi connectivity index (χ1) is 10.6. The molecule has 0 fully saturated rings. The summed E-state index contributed by atoms with van der Waals surface area (Å²) in [6.45, 7) is 2.23. The summed E-state index contributed by atoms with van der Waals surface area (Å²) < 4.78 is 22.2. The molecule has 0 saturated heterocycles. The molecule has 2 atom stereocenters. The van der Waals surface area contributed by atoms with Crippen molar-refractivity contribution in [1.82, 2.24) is 0 Å². The average Bonchev–Trinajstić information content (AvgIpc) is 2.98. The molecule has 6 heteroatoms. The van der Waals surface area contributed by atoms with Crippen LogP contribution in [0.5, 0.6) is 11.5 Å². The highest BCUT2D eigenvalue weighted by Crippen LogP contribution is 2.45. The summed E-state index contributed by atoms with van der Waals surface area (Å²) in [5.41, 5.74) is 0.910. The fraction of sp³-hybridized carbons (Fsp3) is 0.438. The van der Waals surface area contributed by atoms with E-state index in [9.17, 15) is 4.79 Å². The zero-order valence-electron chi connectivity index (χ0n) is 12.8. The van der Waals surface area contributed by atoms with E-state index in [0.717, 1.165) is 10.0 Å². The zero-order chi connectivity index (χ0) is 16.1. The molecule has 1 heterocycles. The van der Waals surface area contributed by atoms with E-state index in [0.29, 0.717) is 11.5 Å². The van der Waals surface area contributed by atoms with Crippen molar-refractivity contribution in [2.24, 2.45) is 5.92 Å².